The molecule has 0 radical (unpaired) electrons. The molecule has 10 heteroatoms. The molecule has 2 aliphatic heterocycles. The number of amides is 1. The number of anilines is 1. The van der Waals surface area contributed by atoms with Crippen molar-refractivity contribution in [1.82, 2.24) is 24.6 Å². The van der Waals surface area contributed by atoms with Gasteiger partial charge < -0.3 is 24.4 Å². The van der Waals surface area contributed by atoms with Crippen molar-refractivity contribution in [3.63, 3.8) is 0 Å². The van der Waals surface area contributed by atoms with Crippen molar-refractivity contribution in [2.24, 2.45) is 0 Å². The summed E-state index contributed by atoms with van der Waals surface area (Å²) in [5, 5.41) is 15.0. The van der Waals surface area contributed by atoms with Gasteiger partial charge in [0.25, 0.3) is 0 Å². The van der Waals surface area contributed by atoms with Crippen LogP contribution < -0.4 is 9.64 Å². The van der Waals surface area contributed by atoms with Crippen LogP contribution in [0.15, 0.2) is 24.4 Å². The third-order valence-electron chi connectivity index (χ3n) is 6.80. The molecule has 2 aliphatic rings. The molecule has 0 bridgehead atoms. The number of ether oxygens (including phenoxy) is 2. The fourth-order valence-corrected chi connectivity index (χ4v) is 5.00. The van der Waals surface area contributed by atoms with E-state index >= 15 is 0 Å². The molecule has 0 aliphatic carbocycles. The summed E-state index contributed by atoms with van der Waals surface area (Å²) in [4.78, 5) is 24.1. The fourth-order valence-electron chi connectivity index (χ4n) is 5.00. The SMILES string of the molecule is COc1nc(N2CCO[C@H](C)C2)cc(-n2ncc3cc(C)c(C4CCN(C(=O)O)CC4)cc32)n1. The maximum absolute atomic E-state index is 11.3. The number of carbonyl (C=O) groups is 1. The normalized spacial score (nSPS) is 19.6. The van der Waals surface area contributed by atoms with Crippen molar-refractivity contribution in [2.45, 2.75) is 38.7 Å². The molecule has 180 valence electrons. The maximum Gasteiger partial charge on any atom is 0.407 e. The van der Waals surface area contributed by atoms with Crippen LogP contribution in [0.3, 0.4) is 0 Å². The highest BCUT2D eigenvalue weighted by atomic mass is 16.5. The Hall–Kier alpha value is -3.40. The Morgan fingerprint density at radius 1 is 1.15 bits per heavy atom. The summed E-state index contributed by atoms with van der Waals surface area (Å²) in [6, 6.07) is 6.58. The van der Waals surface area contributed by atoms with Crippen LogP contribution in [-0.2, 0) is 4.74 Å². The molecule has 5 rings (SSSR count). The Balaban J connectivity index is 1.51. The van der Waals surface area contributed by atoms with Gasteiger partial charge in [0.2, 0.25) is 0 Å². The molecular weight excluding hydrogens is 436 g/mol. The monoisotopic (exact) mass is 466 g/mol. The Labute approximate surface area is 198 Å². The van der Waals surface area contributed by atoms with Gasteiger partial charge in [-0.2, -0.15) is 15.1 Å². The number of rotatable bonds is 4. The van der Waals surface area contributed by atoms with Crippen molar-refractivity contribution < 1.29 is 19.4 Å². The number of piperidine rings is 1. The minimum Gasteiger partial charge on any atom is -0.467 e. The van der Waals surface area contributed by atoms with Crippen molar-refractivity contribution in [2.75, 3.05) is 44.8 Å². The summed E-state index contributed by atoms with van der Waals surface area (Å²) in [6.07, 6.45) is 2.76. The van der Waals surface area contributed by atoms with Gasteiger partial charge in [0, 0.05) is 37.6 Å². The van der Waals surface area contributed by atoms with Gasteiger partial charge >= 0.3 is 12.1 Å². The van der Waals surface area contributed by atoms with E-state index in [1.807, 2.05) is 16.9 Å². The number of carboxylic acid groups (broad SMARTS) is 1. The van der Waals surface area contributed by atoms with Crippen LogP contribution >= 0.6 is 0 Å². The molecule has 1 aromatic carbocycles. The summed E-state index contributed by atoms with van der Waals surface area (Å²) >= 11 is 0. The second-order valence-corrected chi connectivity index (χ2v) is 9.07. The van der Waals surface area contributed by atoms with Crippen LogP contribution in [0.5, 0.6) is 6.01 Å². The zero-order valence-corrected chi connectivity index (χ0v) is 19.8. The van der Waals surface area contributed by atoms with Crippen molar-refractivity contribution >= 4 is 22.8 Å². The molecule has 34 heavy (non-hydrogen) atoms. The van der Waals surface area contributed by atoms with Crippen LogP contribution in [0.25, 0.3) is 16.7 Å². The predicted molar refractivity (Wildman–Crippen MR) is 127 cm³/mol. The predicted octanol–water partition coefficient (Wildman–Crippen LogP) is 3.22. The number of methoxy groups -OCH3 is 1. The molecule has 1 N–H and O–H groups in total. The number of likely N-dealkylation sites (tertiary alicyclic amines) is 1. The van der Waals surface area contributed by atoms with E-state index in [9.17, 15) is 9.90 Å². The topological polar surface area (TPSA) is 106 Å². The van der Waals surface area contributed by atoms with Crippen molar-refractivity contribution in [3.05, 3.63) is 35.5 Å². The highest BCUT2D eigenvalue weighted by Crippen LogP contribution is 2.34. The molecule has 4 heterocycles. The molecule has 1 atom stereocenters. The van der Waals surface area contributed by atoms with Gasteiger partial charge in [0.15, 0.2) is 5.82 Å². The van der Waals surface area contributed by atoms with E-state index in [-0.39, 0.29) is 6.10 Å². The number of nitrogens with zero attached hydrogens (tertiary/aromatic N) is 6. The van der Waals surface area contributed by atoms with Crippen LogP contribution in [0.1, 0.15) is 36.8 Å². The molecule has 10 nitrogen and oxygen atoms in total. The summed E-state index contributed by atoms with van der Waals surface area (Å²) in [5.74, 6) is 1.74. The molecule has 0 saturated carbocycles. The van der Waals surface area contributed by atoms with E-state index in [1.54, 1.807) is 7.11 Å². The summed E-state index contributed by atoms with van der Waals surface area (Å²) in [7, 11) is 1.57. The average Bonchev–Trinajstić information content (AvgIpc) is 3.26. The van der Waals surface area contributed by atoms with Crippen molar-refractivity contribution in [1.29, 1.82) is 0 Å². The second-order valence-electron chi connectivity index (χ2n) is 9.07. The molecule has 3 aromatic rings. The van der Waals surface area contributed by atoms with Gasteiger partial charge in [-0.25, -0.2) is 9.48 Å². The largest absolute Gasteiger partial charge is 0.467 e. The van der Waals surface area contributed by atoms with E-state index in [2.05, 4.69) is 45.9 Å². The van der Waals surface area contributed by atoms with Gasteiger partial charge in [-0.15, -0.1) is 0 Å². The Morgan fingerprint density at radius 2 is 1.91 bits per heavy atom. The van der Waals surface area contributed by atoms with E-state index < -0.39 is 6.09 Å². The fraction of sp³-hybridized carbons (Fsp3) is 0.500. The lowest BCUT2D eigenvalue weighted by Crippen LogP contribution is -2.41. The van der Waals surface area contributed by atoms with E-state index in [4.69, 9.17) is 9.47 Å². The quantitative estimate of drug-likeness (QED) is 0.625. The smallest absolute Gasteiger partial charge is 0.407 e. The van der Waals surface area contributed by atoms with E-state index in [1.165, 1.54) is 16.0 Å². The highest BCUT2D eigenvalue weighted by Gasteiger charge is 2.26. The second kappa shape index (κ2) is 9.09. The summed E-state index contributed by atoms with van der Waals surface area (Å²) in [6.45, 7) is 7.43. The number of hydrogen-bond donors (Lipinski definition) is 1. The van der Waals surface area contributed by atoms with Gasteiger partial charge in [-0.1, -0.05) is 0 Å². The number of benzene rings is 1. The van der Waals surface area contributed by atoms with Crippen LogP contribution in [0.4, 0.5) is 10.6 Å². The van der Waals surface area contributed by atoms with E-state index in [0.717, 1.165) is 42.7 Å². The number of aromatic nitrogens is 4. The molecule has 0 spiro atoms. The first-order valence-corrected chi connectivity index (χ1v) is 11.7. The molecule has 2 fully saturated rings. The third kappa shape index (κ3) is 4.25. The van der Waals surface area contributed by atoms with E-state index in [0.29, 0.717) is 37.4 Å². The Bertz CT molecular complexity index is 1200. The summed E-state index contributed by atoms with van der Waals surface area (Å²) < 4.78 is 12.9. The lowest BCUT2D eigenvalue weighted by Gasteiger charge is -2.32. The zero-order valence-electron chi connectivity index (χ0n) is 19.8. The molecule has 1 amide bonds. The first-order valence-electron chi connectivity index (χ1n) is 11.7. The van der Waals surface area contributed by atoms with Gasteiger partial charge in [0.05, 0.1) is 31.5 Å². The first kappa shape index (κ1) is 22.4. The first-order chi connectivity index (χ1) is 16.4. The average molecular weight is 467 g/mol. The number of aryl methyl sites for hydroxylation is 1. The number of hydrogen-bond acceptors (Lipinski definition) is 7. The molecule has 0 unspecified atom stereocenters. The highest BCUT2D eigenvalue weighted by molar-refractivity contribution is 5.82. The molecular formula is C24H30N6O4. The number of morpholine rings is 1. The molecule has 2 saturated heterocycles. The standard InChI is InChI=1S/C24H30N6O4/c1-15-10-18-13-25-30(20(18)11-19(15)17-4-6-28(7-5-17)24(31)32)22-12-21(26-23(27-22)33-3)29-8-9-34-16(2)14-29/h10-13,16-17H,4-9,14H2,1-3H3,(H,31,32)/t16-/m1/s1. The van der Waals surface area contributed by atoms with Crippen LogP contribution in [0.2, 0.25) is 0 Å². The van der Waals surface area contributed by atoms with Crippen LogP contribution in [-0.4, -0.2) is 81.8 Å². The van der Waals surface area contributed by atoms with Gasteiger partial charge in [-0.3, -0.25) is 0 Å². The minimum atomic E-state index is -0.841. The summed E-state index contributed by atoms with van der Waals surface area (Å²) in [5.41, 5.74) is 3.40. The Kier molecular flexibility index (Phi) is 5.99. The van der Waals surface area contributed by atoms with Gasteiger partial charge in [0.1, 0.15) is 5.82 Å². The lowest BCUT2D eigenvalue weighted by molar-refractivity contribution is 0.0529. The molecule has 2 aromatic heterocycles. The van der Waals surface area contributed by atoms with Crippen LogP contribution in [0, 0.1) is 6.92 Å². The lowest BCUT2D eigenvalue weighted by atomic mass is 9.86. The van der Waals surface area contributed by atoms with Gasteiger partial charge in [-0.05, 0) is 55.9 Å². The minimum absolute atomic E-state index is 0.127. The van der Waals surface area contributed by atoms with Crippen molar-refractivity contribution in [3.8, 4) is 11.8 Å². The Morgan fingerprint density at radius 3 is 2.62 bits per heavy atom. The maximum atomic E-state index is 11.3. The number of fused-ring (bicyclic) bond motifs is 1. The third-order valence-corrected chi connectivity index (χ3v) is 6.80. The zero-order chi connectivity index (χ0) is 23.8.